The average molecular weight is 826 g/mol. The van der Waals surface area contributed by atoms with Crippen LogP contribution in [-0.2, 0) is 23.9 Å². The second kappa shape index (κ2) is 17.0. The van der Waals surface area contributed by atoms with Crippen molar-refractivity contribution in [2.24, 2.45) is 5.92 Å². The first-order chi connectivity index (χ1) is 28.8. The van der Waals surface area contributed by atoms with Gasteiger partial charge in [-0.1, -0.05) is 75.4 Å². The van der Waals surface area contributed by atoms with Crippen LogP contribution in [0.25, 0.3) is 32.9 Å². The van der Waals surface area contributed by atoms with Crippen molar-refractivity contribution in [3.05, 3.63) is 130 Å². The van der Waals surface area contributed by atoms with E-state index in [0.29, 0.717) is 24.5 Å². The number of nitrogens with zero attached hydrogens (tertiary/aromatic N) is 3. The molecule has 11 heteroatoms. The van der Waals surface area contributed by atoms with Gasteiger partial charge in [0.05, 0.1) is 23.3 Å². The normalized spacial score (nSPS) is 18.6. The third-order valence-corrected chi connectivity index (χ3v) is 17.9. The summed E-state index contributed by atoms with van der Waals surface area (Å²) < 4.78 is 9.32. The summed E-state index contributed by atoms with van der Waals surface area (Å²) >= 11 is 0. The van der Waals surface area contributed by atoms with E-state index in [9.17, 15) is 19.8 Å². The van der Waals surface area contributed by atoms with E-state index in [1.165, 1.54) is 22.5 Å². The summed E-state index contributed by atoms with van der Waals surface area (Å²) in [4.78, 5) is 32.1. The van der Waals surface area contributed by atoms with Crippen molar-refractivity contribution in [2.75, 3.05) is 31.1 Å². The van der Waals surface area contributed by atoms with Crippen LogP contribution in [0.5, 0.6) is 5.75 Å². The Hall–Kier alpha value is -5.20. The number of aryl methyl sites for hydroxylation is 2. The molecule has 0 spiro atoms. The number of aromatic amines is 1. The monoisotopic (exact) mass is 825 g/mol. The number of piperidine rings is 3. The number of H-pyrrole nitrogens is 1. The second-order valence-electron chi connectivity index (χ2n) is 18.4. The largest absolute Gasteiger partial charge is 0.506 e. The Bertz CT molecular complexity index is 2540. The minimum atomic E-state index is -2.20. The lowest BCUT2D eigenvalue weighted by Crippen LogP contribution is -2.59. The maximum Gasteiger partial charge on any atom is 0.412 e. The molecule has 60 heavy (non-hydrogen) atoms. The summed E-state index contributed by atoms with van der Waals surface area (Å²) in [6.45, 7) is 16.1. The number of nitrogens with one attached hydrogen (secondary N) is 2. The Morgan fingerprint density at radius 2 is 1.73 bits per heavy atom. The molecule has 2 aromatic heterocycles. The van der Waals surface area contributed by atoms with Crippen LogP contribution < -0.4 is 15.8 Å². The van der Waals surface area contributed by atoms with E-state index in [2.05, 4.69) is 114 Å². The minimum absolute atomic E-state index is 0.00512. The number of carbonyl (C=O) groups is 1. The van der Waals surface area contributed by atoms with E-state index >= 15 is 0 Å². The zero-order valence-electron chi connectivity index (χ0n) is 35.6. The number of phenolic OH excluding ortho intramolecular Hbond substituents is 1. The smallest absolute Gasteiger partial charge is 0.412 e. The number of hydrogen-bond donors (Lipinski definition) is 4. The number of aromatic hydroxyl groups is 1. The van der Waals surface area contributed by atoms with Gasteiger partial charge in [0.15, 0.2) is 8.32 Å². The lowest BCUT2D eigenvalue weighted by molar-refractivity contribution is 0.0837. The first-order valence-corrected chi connectivity index (χ1v) is 24.4. The van der Waals surface area contributed by atoms with Gasteiger partial charge in [0.25, 0.3) is 0 Å². The molecule has 0 radical (unpaired) electrons. The fourth-order valence-corrected chi connectivity index (χ4v) is 10.4. The standard InChI is InChI=1S/C49H59N5O5Si/c1-49(2,3)60(4,5)59-45(39-16-19-44(55)47-40(39)17-20-46(56)51-47)31-50-30-34-14-18-41-37(28-34)23-27-53(41)24-9-10-33-13-15-38(35-11-7-6-8-12-35)42(29-33)54(48(57)58)43-32-52-25-21-36(43)22-26-52/h6-8,11-20,23,27-29,36,43,45,50,55H,9-10,21-22,24-26,30-32H2,1-5H3,(H,51,56)(H,57,58)/t43-,45-/m0/s1. The van der Waals surface area contributed by atoms with Gasteiger partial charge in [-0.15, -0.1) is 0 Å². The van der Waals surface area contributed by atoms with Crippen LogP contribution in [0.4, 0.5) is 10.5 Å². The van der Waals surface area contributed by atoms with Gasteiger partial charge < -0.3 is 34.4 Å². The van der Waals surface area contributed by atoms with Gasteiger partial charge >= 0.3 is 6.09 Å². The summed E-state index contributed by atoms with van der Waals surface area (Å²) in [5.74, 6) is 0.425. The van der Waals surface area contributed by atoms with Crippen molar-refractivity contribution < 1.29 is 19.4 Å². The highest BCUT2D eigenvalue weighted by molar-refractivity contribution is 6.74. The van der Waals surface area contributed by atoms with Crippen LogP contribution in [0.1, 0.15) is 62.8 Å². The van der Waals surface area contributed by atoms with Crippen LogP contribution in [0.2, 0.25) is 18.1 Å². The van der Waals surface area contributed by atoms with E-state index in [-0.39, 0.29) is 28.5 Å². The van der Waals surface area contributed by atoms with Crippen molar-refractivity contribution in [3.8, 4) is 16.9 Å². The lowest BCUT2D eigenvalue weighted by atomic mass is 9.82. The number of amides is 1. The SMILES string of the molecule is CC(C)(C)[Si](C)(C)O[C@@H](CNCc1ccc2c(ccn2CCCc2ccc(-c3ccccc3)c(N(C(=O)O)[C@H]3CN4CCC3CC4)c2)c1)c1ccc(O)c2[nH]c(=O)ccc12. The maximum atomic E-state index is 13.1. The third kappa shape index (κ3) is 8.67. The van der Waals surface area contributed by atoms with Crippen molar-refractivity contribution in [1.29, 1.82) is 0 Å². The van der Waals surface area contributed by atoms with Gasteiger partial charge in [-0.05, 0) is 127 Å². The van der Waals surface area contributed by atoms with Crippen molar-refractivity contribution in [3.63, 3.8) is 0 Å². The number of benzene rings is 4. The molecule has 1 amide bonds. The third-order valence-electron chi connectivity index (χ3n) is 13.4. The van der Waals surface area contributed by atoms with Crippen molar-refractivity contribution in [1.82, 2.24) is 19.8 Å². The van der Waals surface area contributed by atoms with Gasteiger partial charge in [-0.2, -0.15) is 0 Å². The number of phenols is 1. The summed E-state index contributed by atoms with van der Waals surface area (Å²) in [7, 11) is -2.20. The Morgan fingerprint density at radius 1 is 0.967 bits per heavy atom. The lowest BCUT2D eigenvalue weighted by Gasteiger charge is -2.48. The number of anilines is 1. The van der Waals surface area contributed by atoms with E-state index in [4.69, 9.17) is 4.43 Å². The Labute approximate surface area is 353 Å². The second-order valence-corrected chi connectivity index (χ2v) is 23.1. The molecule has 0 unspecified atom stereocenters. The Morgan fingerprint density at radius 3 is 2.45 bits per heavy atom. The molecule has 6 aromatic rings. The predicted octanol–water partition coefficient (Wildman–Crippen LogP) is 9.92. The number of fused-ring (bicyclic) bond motifs is 5. The molecule has 0 saturated carbocycles. The topological polar surface area (TPSA) is 123 Å². The Balaban J connectivity index is 0.956. The highest BCUT2D eigenvalue weighted by Crippen LogP contribution is 2.42. The predicted molar refractivity (Wildman–Crippen MR) is 245 cm³/mol. The van der Waals surface area contributed by atoms with Crippen LogP contribution in [0, 0.1) is 5.92 Å². The molecule has 4 aromatic carbocycles. The average Bonchev–Trinajstić information content (AvgIpc) is 3.63. The maximum absolute atomic E-state index is 13.1. The van der Waals surface area contributed by atoms with Gasteiger partial charge in [0, 0.05) is 54.9 Å². The molecule has 5 heterocycles. The molecule has 0 aliphatic carbocycles. The first kappa shape index (κ1) is 41.5. The molecule has 4 N–H and O–H groups in total. The molecule has 2 bridgehead atoms. The number of hydrogen-bond acceptors (Lipinski definition) is 6. The van der Waals surface area contributed by atoms with Crippen LogP contribution >= 0.6 is 0 Å². The van der Waals surface area contributed by atoms with Crippen molar-refractivity contribution >= 4 is 41.9 Å². The van der Waals surface area contributed by atoms with Crippen LogP contribution in [0.15, 0.2) is 108 Å². The Kier molecular flexibility index (Phi) is 11.8. The molecule has 10 nitrogen and oxygen atoms in total. The molecule has 9 rings (SSSR count). The van der Waals surface area contributed by atoms with Gasteiger partial charge in [-0.3, -0.25) is 9.69 Å². The van der Waals surface area contributed by atoms with E-state index in [1.54, 1.807) is 17.0 Å². The zero-order chi connectivity index (χ0) is 42.2. The fraction of sp³-hybridized carbons (Fsp3) is 0.388. The summed E-state index contributed by atoms with van der Waals surface area (Å²) in [6, 6.07) is 32.2. The molecular weight excluding hydrogens is 767 g/mol. The van der Waals surface area contributed by atoms with E-state index in [1.807, 2.05) is 24.3 Å². The minimum Gasteiger partial charge on any atom is -0.506 e. The number of rotatable bonds is 14. The molecule has 314 valence electrons. The van der Waals surface area contributed by atoms with Crippen molar-refractivity contribution in [2.45, 2.75) is 89.8 Å². The quantitative estimate of drug-likeness (QED) is 0.0807. The highest BCUT2D eigenvalue weighted by atomic mass is 28.4. The highest BCUT2D eigenvalue weighted by Gasteiger charge is 2.41. The molecule has 3 aliphatic heterocycles. The number of carboxylic acid groups (broad SMARTS) is 1. The van der Waals surface area contributed by atoms with Crippen LogP contribution in [0.3, 0.4) is 0 Å². The summed E-state index contributed by atoms with van der Waals surface area (Å²) in [6.07, 6.45) is 4.85. The van der Waals surface area contributed by atoms with E-state index < -0.39 is 14.4 Å². The molecular formula is C49H59N5O5Si. The summed E-state index contributed by atoms with van der Waals surface area (Å²) in [5, 5.41) is 26.9. The molecule has 3 saturated heterocycles. The number of pyridine rings is 1. The van der Waals surface area contributed by atoms with E-state index in [0.717, 1.165) is 85.2 Å². The molecule has 3 fully saturated rings. The zero-order valence-corrected chi connectivity index (χ0v) is 36.6. The first-order valence-electron chi connectivity index (χ1n) is 21.5. The van der Waals surface area contributed by atoms with Gasteiger partial charge in [0.2, 0.25) is 5.56 Å². The fourth-order valence-electron chi connectivity index (χ4n) is 9.09. The summed E-state index contributed by atoms with van der Waals surface area (Å²) in [5.41, 5.74) is 7.38. The number of aromatic nitrogens is 2. The van der Waals surface area contributed by atoms with Gasteiger partial charge in [-0.25, -0.2) is 4.79 Å². The van der Waals surface area contributed by atoms with Crippen LogP contribution in [-0.4, -0.2) is 71.3 Å². The molecule has 2 atom stereocenters. The van der Waals surface area contributed by atoms with Gasteiger partial charge in [0.1, 0.15) is 5.75 Å². The molecule has 3 aliphatic rings.